The third-order valence-electron chi connectivity index (χ3n) is 3.46. The molecule has 0 spiro atoms. The molecule has 0 aromatic carbocycles. The number of nitrogens with zero attached hydrogens (tertiary/aromatic N) is 3. The van der Waals surface area contributed by atoms with E-state index in [0.29, 0.717) is 0 Å². The minimum Gasteiger partial charge on any atom is -0.304 e. The van der Waals surface area contributed by atoms with Gasteiger partial charge in [-0.2, -0.15) is 5.10 Å². The number of rotatable bonds is 6. The van der Waals surface area contributed by atoms with Gasteiger partial charge in [-0.15, -0.1) is 0 Å². The van der Waals surface area contributed by atoms with Crippen LogP contribution in [0.5, 0.6) is 0 Å². The van der Waals surface area contributed by atoms with Crippen molar-refractivity contribution in [3.63, 3.8) is 0 Å². The quantitative estimate of drug-likeness (QED) is 0.779. The molecule has 0 bridgehead atoms. The summed E-state index contributed by atoms with van der Waals surface area (Å²) in [6.07, 6.45) is 5.05. The average Bonchev–Trinajstić information content (AvgIpc) is 2.67. The second-order valence-electron chi connectivity index (χ2n) is 3.99. The molecule has 4 heteroatoms. The van der Waals surface area contributed by atoms with Gasteiger partial charge in [-0.3, -0.25) is 4.68 Å². The van der Waals surface area contributed by atoms with Crippen LogP contribution in [0.2, 0.25) is 0 Å². The fourth-order valence-electron chi connectivity index (χ4n) is 1.87. The maximum Gasteiger partial charge on any atom is 0.140 e. The van der Waals surface area contributed by atoms with Crippen molar-refractivity contribution in [1.29, 1.82) is 0 Å². The van der Waals surface area contributed by atoms with Gasteiger partial charge in [0, 0.05) is 12.6 Å². The molecule has 0 aliphatic heterocycles. The zero-order chi connectivity index (χ0) is 11.3. The number of aromatic nitrogens is 3. The highest BCUT2D eigenvalue weighted by Crippen LogP contribution is 2.19. The smallest absolute Gasteiger partial charge is 0.140 e. The molecule has 1 N–H and O–H groups in total. The minimum atomic E-state index is 0.256. The monoisotopic (exact) mass is 210 g/mol. The zero-order valence-corrected chi connectivity index (χ0v) is 10.2. The van der Waals surface area contributed by atoms with Crippen molar-refractivity contribution in [1.82, 2.24) is 20.1 Å². The summed E-state index contributed by atoms with van der Waals surface area (Å²) in [6, 6.07) is 0. The maximum atomic E-state index is 4.21. The lowest BCUT2D eigenvalue weighted by atomic mass is 9.90. The van der Waals surface area contributed by atoms with Crippen molar-refractivity contribution >= 4 is 0 Å². The summed E-state index contributed by atoms with van der Waals surface area (Å²) in [6.45, 7) is 7.50. The Hall–Kier alpha value is -0.900. The van der Waals surface area contributed by atoms with E-state index in [1.54, 1.807) is 6.33 Å². The van der Waals surface area contributed by atoms with E-state index in [0.717, 1.165) is 31.6 Å². The van der Waals surface area contributed by atoms with Gasteiger partial charge in [0.15, 0.2) is 0 Å². The van der Waals surface area contributed by atoms with Gasteiger partial charge in [0.1, 0.15) is 12.2 Å². The average molecular weight is 210 g/mol. The van der Waals surface area contributed by atoms with Crippen LogP contribution in [-0.4, -0.2) is 20.3 Å². The van der Waals surface area contributed by atoms with Crippen molar-refractivity contribution in [3.8, 4) is 0 Å². The summed E-state index contributed by atoms with van der Waals surface area (Å²) in [5.74, 6) is 0.995. The van der Waals surface area contributed by atoms with Gasteiger partial charge in [0.05, 0.1) is 6.54 Å². The SMILES string of the molecule is CCC(CC)(CC)NCc1ncnn1C. The van der Waals surface area contributed by atoms with Crippen LogP contribution in [0.3, 0.4) is 0 Å². The number of hydrogen-bond donors (Lipinski definition) is 1. The van der Waals surface area contributed by atoms with Crippen LogP contribution in [0.25, 0.3) is 0 Å². The molecule has 0 atom stereocenters. The summed E-state index contributed by atoms with van der Waals surface area (Å²) in [4.78, 5) is 4.21. The van der Waals surface area contributed by atoms with E-state index < -0.39 is 0 Å². The molecule has 0 amide bonds. The molecule has 0 radical (unpaired) electrons. The molecule has 1 heterocycles. The topological polar surface area (TPSA) is 42.7 Å². The molecule has 0 saturated heterocycles. The third kappa shape index (κ3) is 2.78. The van der Waals surface area contributed by atoms with E-state index in [2.05, 4.69) is 36.2 Å². The van der Waals surface area contributed by atoms with Gasteiger partial charge < -0.3 is 5.32 Å². The molecule has 1 aromatic rings. The van der Waals surface area contributed by atoms with Crippen molar-refractivity contribution < 1.29 is 0 Å². The predicted octanol–water partition coefficient (Wildman–Crippen LogP) is 1.87. The molecule has 0 unspecified atom stereocenters. The van der Waals surface area contributed by atoms with E-state index in [1.807, 2.05) is 11.7 Å². The van der Waals surface area contributed by atoms with Crippen LogP contribution in [0.15, 0.2) is 6.33 Å². The van der Waals surface area contributed by atoms with Crippen LogP contribution >= 0.6 is 0 Å². The van der Waals surface area contributed by atoms with E-state index >= 15 is 0 Å². The lowest BCUT2D eigenvalue weighted by molar-refractivity contribution is 0.283. The van der Waals surface area contributed by atoms with E-state index in [9.17, 15) is 0 Å². The fraction of sp³-hybridized carbons (Fsp3) is 0.818. The van der Waals surface area contributed by atoms with Gasteiger partial charge in [-0.25, -0.2) is 4.98 Å². The highest BCUT2D eigenvalue weighted by Gasteiger charge is 2.23. The van der Waals surface area contributed by atoms with E-state index in [4.69, 9.17) is 0 Å². The van der Waals surface area contributed by atoms with Gasteiger partial charge in [0.25, 0.3) is 0 Å². The van der Waals surface area contributed by atoms with Crippen LogP contribution in [-0.2, 0) is 13.6 Å². The normalized spacial score (nSPS) is 12.0. The first kappa shape index (κ1) is 12.2. The molecule has 0 aliphatic carbocycles. The number of nitrogens with one attached hydrogen (secondary N) is 1. The van der Waals surface area contributed by atoms with E-state index in [1.165, 1.54) is 0 Å². The predicted molar refractivity (Wildman–Crippen MR) is 61.4 cm³/mol. The molecule has 4 nitrogen and oxygen atoms in total. The summed E-state index contributed by atoms with van der Waals surface area (Å²) < 4.78 is 1.82. The highest BCUT2D eigenvalue weighted by molar-refractivity contribution is 4.89. The fourth-order valence-corrected chi connectivity index (χ4v) is 1.87. The molecule has 0 aliphatic rings. The Morgan fingerprint density at radius 1 is 1.27 bits per heavy atom. The molecule has 0 saturated carbocycles. The van der Waals surface area contributed by atoms with Gasteiger partial charge in [-0.1, -0.05) is 20.8 Å². The Morgan fingerprint density at radius 2 is 1.87 bits per heavy atom. The molecule has 1 aromatic heterocycles. The summed E-state index contributed by atoms with van der Waals surface area (Å²) in [5, 5.41) is 7.66. The lowest BCUT2D eigenvalue weighted by Gasteiger charge is -2.31. The summed E-state index contributed by atoms with van der Waals surface area (Å²) in [5.41, 5.74) is 0.256. The standard InChI is InChI=1S/C11H22N4/c1-5-11(6-2,7-3)13-8-10-12-9-14-15(10)4/h9,13H,5-8H2,1-4H3. The Bertz CT molecular complexity index is 280. The first-order chi connectivity index (χ1) is 7.17. The highest BCUT2D eigenvalue weighted by atomic mass is 15.3. The molecule has 86 valence electrons. The zero-order valence-electron chi connectivity index (χ0n) is 10.2. The summed E-state index contributed by atoms with van der Waals surface area (Å²) in [7, 11) is 1.93. The second-order valence-corrected chi connectivity index (χ2v) is 3.99. The molecule has 1 rings (SSSR count). The van der Waals surface area contributed by atoms with Gasteiger partial charge in [-0.05, 0) is 19.3 Å². The van der Waals surface area contributed by atoms with Crippen LogP contribution in [0, 0.1) is 0 Å². The first-order valence-corrected chi connectivity index (χ1v) is 5.75. The van der Waals surface area contributed by atoms with Gasteiger partial charge in [0.2, 0.25) is 0 Å². The molecular formula is C11H22N4. The van der Waals surface area contributed by atoms with E-state index in [-0.39, 0.29) is 5.54 Å². The molecular weight excluding hydrogens is 188 g/mol. The number of aryl methyl sites for hydroxylation is 1. The largest absolute Gasteiger partial charge is 0.304 e. The lowest BCUT2D eigenvalue weighted by Crippen LogP contribution is -2.43. The van der Waals surface area contributed by atoms with Crippen molar-refractivity contribution in [2.24, 2.45) is 7.05 Å². The molecule has 0 fully saturated rings. The minimum absolute atomic E-state index is 0.256. The third-order valence-corrected chi connectivity index (χ3v) is 3.46. The van der Waals surface area contributed by atoms with Crippen LogP contribution in [0.4, 0.5) is 0 Å². The van der Waals surface area contributed by atoms with Crippen molar-refractivity contribution in [2.75, 3.05) is 0 Å². The second kappa shape index (κ2) is 5.26. The number of hydrogen-bond acceptors (Lipinski definition) is 3. The Labute approximate surface area is 92.1 Å². The Morgan fingerprint density at radius 3 is 2.27 bits per heavy atom. The first-order valence-electron chi connectivity index (χ1n) is 5.75. The molecule has 15 heavy (non-hydrogen) atoms. The van der Waals surface area contributed by atoms with Crippen LogP contribution in [0.1, 0.15) is 45.9 Å². The van der Waals surface area contributed by atoms with Crippen molar-refractivity contribution in [2.45, 2.75) is 52.1 Å². The van der Waals surface area contributed by atoms with Gasteiger partial charge >= 0.3 is 0 Å². The van der Waals surface area contributed by atoms with Crippen LogP contribution < -0.4 is 5.32 Å². The maximum absolute atomic E-state index is 4.21. The Kier molecular flexibility index (Phi) is 4.27. The van der Waals surface area contributed by atoms with Crippen molar-refractivity contribution in [3.05, 3.63) is 12.2 Å². The Balaban J connectivity index is 2.58. The summed E-state index contributed by atoms with van der Waals surface area (Å²) >= 11 is 0.